The maximum Gasteiger partial charge on any atom is 0.145 e. The third-order valence-electron chi connectivity index (χ3n) is 0.377. The summed E-state index contributed by atoms with van der Waals surface area (Å²) in [5, 5.41) is 0. The highest BCUT2D eigenvalue weighted by molar-refractivity contribution is 9.39. The maximum atomic E-state index is 6.46. The maximum absolute atomic E-state index is 6.46. The van der Waals surface area contributed by atoms with Crippen LogP contribution in [0.3, 0.4) is 0 Å². The van der Waals surface area contributed by atoms with Crippen LogP contribution in [0.1, 0.15) is 6.42 Å². The number of hydrogen-bond donors (Lipinski definition) is 0. The lowest BCUT2D eigenvalue weighted by Crippen LogP contribution is -1.95. The molecule has 8 heavy (non-hydrogen) atoms. The molecular weight excluding hydrogens is 302 g/mol. The molecule has 0 aromatic rings. The van der Waals surface area contributed by atoms with E-state index in [1.54, 1.807) is 0 Å². The fourth-order valence-corrected chi connectivity index (χ4v) is 0.565. The third-order valence-corrected chi connectivity index (χ3v) is 1.22. The summed E-state index contributed by atoms with van der Waals surface area (Å²) in [6.45, 7) is 0. The molecule has 0 unspecified atom stereocenters. The van der Waals surface area contributed by atoms with E-state index in [1.165, 1.54) is 0 Å². The molecule has 0 aliphatic heterocycles. The SMILES string of the molecule is [NH]C#CCC(Br)(Br)Br. The average Bonchev–Trinajstić information content (AvgIpc) is 1.59. The molecule has 0 aromatic carbocycles. The van der Waals surface area contributed by atoms with Gasteiger partial charge in [0.2, 0.25) is 0 Å². The van der Waals surface area contributed by atoms with E-state index >= 15 is 0 Å². The summed E-state index contributed by atoms with van der Waals surface area (Å²) in [6.07, 6.45) is 0.566. The van der Waals surface area contributed by atoms with Gasteiger partial charge in [-0.25, -0.2) is 0 Å². The van der Waals surface area contributed by atoms with Gasteiger partial charge >= 0.3 is 0 Å². The monoisotopic (exact) mass is 302 g/mol. The highest BCUT2D eigenvalue weighted by Crippen LogP contribution is 2.36. The second-order valence-corrected chi connectivity index (χ2v) is 8.35. The Morgan fingerprint density at radius 2 is 1.88 bits per heavy atom. The molecule has 1 nitrogen and oxygen atoms in total. The Bertz CT molecular complexity index is 115. The molecule has 4 heteroatoms. The molecule has 45 valence electrons. The summed E-state index contributed by atoms with van der Waals surface area (Å²) < 4.78 is -0.305. The van der Waals surface area contributed by atoms with E-state index in [9.17, 15) is 0 Å². The molecule has 0 saturated heterocycles. The second-order valence-electron chi connectivity index (χ2n) is 1.09. The minimum absolute atomic E-state index is 0.305. The molecule has 0 saturated carbocycles. The normalized spacial score (nSPS) is 9.88. The van der Waals surface area contributed by atoms with Crippen molar-refractivity contribution in [2.75, 3.05) is 0 Å². The van der Waals surface area contributed by atoms with Crippen molar-refractivity contribution in [3.8, 4) is 12.0 Å². The predicted molar refractivity (Wildman–Crippen MR) is 45.0 cm³/mol. The molecule has 1 N–H and O–H groups in total. The van der Waals surface area contributed by atoms with Gasteiger partial charge in [-0.1, -0.05) is 53.7 Å². The summed E-state index contributed by atoms with van der Waals surface area (Å²) >= 11 is 9.68. The molecule has 0 heterocycles. The van der Waals surface area contributed by atoms with Crippen molar-refractivity contribution in [1.29, 1.82) is 0 Å². The van der Waals surface area contributed by atoms with Gasteiger partial charge in [0.05, 0.1) is 0 Å². The zero-order valence-electron chi connectivity index (χ0n) is 3.84. The topological polar surface area (TPSA) is 23.8 Å². The van der Waals surface area contributed by atoms with Crippen LogP contribution in [0.2, 0.25) is 0 Å². The molecule has 0 aliphatic carbocycles. The molecule has 0 aromatic heterocycles. The molecule has 0 atom stereocenters. The van der Waals surface area contributed by atoms with E-state index in [2.05, 4.69) is 53.7 Å². The lowest BCUT2D eigenvalue weighted by molar-refractivity contribution is 1.21. The number of nitrogens with one attached hydrogen (secondary N) is 1. The summed E-state index contributed by atoms with van der Waals surface area (Å²) in [7, 11) is 0. The van der Waals surface area contributed by atoms with Gasteiger partial charge in [0, 0.05) is 12.5 Å². The van der Waals surface area contributed by atoms with Crippen LogP contribution < -0.4 is 5.73 Å². The van der Waals surface area contributed by atoms with Crippen LogP contribution in [0, 0.1) is 12.0 Å². The number of hydrogen-bond acceptors (Lipinski definition) is 0. The van der Waals surface area contributed by atoms with Crippen molar-refractivity contribution in [2.24, 2.45) is 0 Å². The summed E-state index contributed by atoms with van der Waals surface area (Å²) in [4.78, 5) is 0. The van der Waals surface area contributed by atoms with Crippen LogP contribution in [0.25, 0.3) is 0 Å². The van der Waals surface area contributed by atoms with Gasteiger partial charge in [-0.2, -0.15) is 0 Å². The van der Waals surface area contributed by atoms with E-state index in [1.807, 2.05) is 6.04 Å². The van der Waals surface area contributed by atoms with Gasteiger partial charge < -0.3 is 0 Å². The first-order valence-corrected chi connectivity index (χ1v) is 4.15. The van der Waals surface area contributed by atoms with Gasteiger partial charge in [-0.3, -0.25) is 5.73 Å². The number of halogens is 3. The Morgan fingerprint density at radius 3 is 2.00 bits per heavy atom. The van der Waals surface area contributed by atoms with E-state index in [4.69, 9.17) is 5.73 Å². The fraction of sp³-hybridized carbons (Fsp3) is 0.500. The lowest BCUT2D eigenvalue weighted by Gasteiger charge is -2.03. The Kier molecular flexibility index (Phi) is 4.13. The largest absolute Gasteiger partial charge is 0.252 e. The zero-order valence-corrected chi connectivity index (χ0v) is 8.60. The standard InChI is InChI=1S/C4H3Br3N/c5-4(6,7)2-1-3-8/h8H,2H2. The molecular formula is C4H3Br3N. The molecule has 0 fully saturated rings. The van der Waals surface area contributed by atoms with Gasteiger partial charge in [0.1, 0.15) is 2.14 Å². The van der Waals surface area contributed by atoms with Crippen LogP contribution in [-0.4, -0.2) is 2.14 Å². The Labute approximate surface area is 73.8 Å². The molecule has 0 rings (SSSR count). The van der Waals surface area contributed by atoms with Crippen LogP contribution in [0.4, 0.5) is 0 Å². The van der Waals surface area contributed by atoms with Crippen LogP contribution in [0.15, 0.2) is 0 Å². The van der Waals surface area contributed by atoms with Crippen molar-refractivity contribution in [3.63, 3.8) is 0 Å². The third kappa shape index (κ3) is 6.80. The fourth-order valence-electron chi connectivity index (χ4n) is 0.144. The summed E-state index contributed by atoms with van der Waals surface area (Å²) in [5.74, 6) is 2.56. The van der Waals surface area contributed by atoms with Crippen molar-refractivity contribution in [2.45, 2.75) is 8.56 Å². The lowest BCUT2D eigenvalue weighted by atomic mass is 10.5. The summed E-state index contributed by atoms with van der Waals surface area (Å²) in [6, 6.07) is 2.03. The Balaban J connectivity index is 3.50. The first-order valence-electron chi connectivity index (χ1n) is 1.77. The van der Waals surface area contributed by atoms with Gasteiger partial charge in [0.15, 0.2) is 0 Å². The number of rotatable bonds is 0. The van der Waals surface area contributed by atoms with Crippen LogP contribution in [0.5, 0.6) is 0 Å². The first-order chi connectivity index (χ1) is 3.56. The number of alkyl halides is 3. The van der Waals surface area contributed by atoms with Crippen LogP contribution in [-0.2, 0) is 0 Å². The molecule has 0 aliphatic rings. The van der Waals surface area contributed by atoms with E-state index in [-0.39, 0.29) is 2.14 Å². The Hall–Kier alpha value is 0.800. The average molecular weight is 305 g/mol. The minimum Gasteiger partial charge on any atom is -0.252 e. The van der Waals surface area contributed by atoms with Crippen molar-refractivity contribution in [3.05, 3.63) is 0 Å². The van der Waals surface area contributed by atoms with Gasteiger partial charge in [-0.15, -0.1) is 0 Å². The smallest absolute Gasteiger partial charge is 0.145 e. The quantitative estimate of drug-likeness (QED) is 0.485. The molecule has 0 bridgehead atoms. The zero-order chi connectivity index (χ0) is 6.62. The van der Waals surface area contributed by atoms with Gasteiger partial charge in [0.25, 0.3) is 0 Å². The van der Waals surface area contributed by atoms with Crippen molar-refractivity contribution < 1.29 is 0 Å². The van der Waals surface area contributed by atoms with Crippen LogP contribution >= 0.6 is 47.8 Å². The molecule has 0 amide bonds. The molecule has 1 radical (unpaired) electrons. The predicted octanol–water partition coefficient (Wildman–Crippen LogP) is 2.46. The van der Waals surface area contributed by atoms with E-state index in [0.29, 0.717) is 6.42 Å². The first kappa shape index (κ1) is 8.80. The summed E-state index contributed by atoms with van der Waals surface area (Å²) in [5.41, 5.74) is 6.46. The highest BCUT2D eigenvalue weighted by atomic mass is 80.0. The van der Waals surface area contributed by atoms with Crippen molar-refractivity contribution >= 4 is 47.8 Å². The highest BCUT2D eigenvalue weighted by Gasteiger charge is 2.14. The minimum atomic E-state index is -0.305. The Morgan fingerprint density at radius 1 is 1.38 bits per heavy atom. The molecule has 0 spiro atoms. The second kappa shape index (κ2) is 3.76. The van der Waals surface area contributed by atoms with Crippen molar-refractivity contribution in [1.82, 2.24) is 5.73 Å². The van der Waals surface area contributed by atoms with Gasteiger partial charge in [-0.05, 0) is 0 Å². The van der Waals surface area contributed by atoms with E-state index < -0.39 is 0 Å². The van der Waals surface area contributed by atoms with E-state index in [0.717, 1.165) is 0 Å².